The number of carbonyl (C=O) groups excluding carboxylic acids is 1. The van der Waals surface area contributed by atoms with E-state index in [-0.39, 0.29) is 5.91 Å². The standard InChI is InChI=1S/C15H20N4O4S3/c1-5-24-15-18-17-14(25-15)16-13(20)10(2)23-12-8-6-11(7-9-12)19(3)26(4,21)22/h6-10H,5H2,1-4H3,(H,16,17,20). The molecule has 1 atom stereocenters. The fraction of sp³-hybridized carbons (Fsp3) is 0.400. The zero-order valence-electron chi connectivity index (χ0n) is 14.8. The summed E-state index contributed by atoms with van der Waals surface area (Å²) >= 11 is 2.86. The Morgan fingerprint density at radius 2 is 2.00 bits per heavy atom. The summed E-state index contributed by atoms with van der Waals surface area (Å²) in [5, 5.41) is 11.0. The Morgan fingerprint density at radius 3 is 2.58 bits per heavy atom. The van der Waals surface area contributed by atoms with Crippen LogP contribution >= 0.6 is 23.1 Å². The van der Waals surface area contributed by atoms with Crippen molar-refractivity contribution in [3.8, 4) is 5.75 Å². The Bertz CT molecular complexity index is 852. The van der Waals surface area contributed by atoms with Gasteiger partial charge in [0.25, 0.3) is 5.91 Å². The largest absolute Gasteiger partial charge is 0.481 e. The molecule has 0 saturated heterocycles. The van der Waals surface area contributed by atoms with Gasteiger partial charge in [0.05, 0.1) is 11.9 Å². The van der Waals surface area contributed by atoms with Gasteiger partial charge in [-0.3, -0.25) is 14.4 Å². The Kier molecular flexibility index (Phi) is 6.84. The molecule has 0 spiro atoms. The molecule has 1 N–H and O–H groups in total. The van der Waals surface area contributed by atoms with Gasteiger partial charge >= 0.3 is 0 Å². The second-order valence-electron chi connectivity index (χ2n) is 5.28. The van der Waals surface area contributed by atoms with E-state index < -0.39 is 16.1 Å². The molecule has 0 radical (unpaired) electrons. The lowest BCUT2D eigenvalue weighted by Crippen LogP contribution is -2.30. The van der Waals surface area contributed by atoms with Crippen molar-refractivity contribution in [3.05, 3.63) is 24.3 Å². The van der Waals surface area contributed by atoms with E-state index in [4.69, 9.17) is 4.74 Å². The number of benzene rings is 1. The van der Waals surface area contributed by atoms with Crippen LogP contribution < -0.4 is 14.4 Å². The van der Waals surface area contributed by atoms with Gasteiger partial charge in [0.1, 0.15) is 5.75 Å². The van der Waals surface area contributed by atoms with Crippen molar-refractivity contribution in [1.82, 2.24) is 10.2 Å². The minimum Gasteiger partial charge on any atom is -0.481 e. The van der Waals surface area contributed by atoms with Gasteiger partial charge < -0.3 is 4.74 Å². The van der Waals surface area contributed by atoms with Crippen LogP contribution in [0, 0.1) is 0 Å². The molecular weight excluding hydrogens is 396 g/mol. The summed E-state index contributed by atoms with van der Waals surface area (Å²) in [6.07, 6.45) is 0.376. The van der Waals surface area contributed by atoms with Gasteiger partial charge in [-0.15, -0.1) is 10.2 Å². The molecule has 0 bridgehead atoms. The van der Waals surface area contributed by atoms with E-state index in [1.807, 2.05) is 6.92 Å². The molecule has 1 heterocycles. The van der Waals surface area contributed by atoms with E-state index in [1.165, 1.54) is 18.4 Å². The molecule has 2 aromatic rings. The van der Waals surface area contributed by atoms with Crippen molar-refractivity contribution in [3.63, 3.8) is 0 Å². The molecule has 26 heavy (non-hydrogen) atoms. The van der Waals surface area contributed by atoms with Crippen molar-refractivity contribution >= 4 is 49.8 Å². The minimum absolute atomic E-state index is 0.341. The number of ether oxygens (including phenoxy) is 1. The first-order valence-electron chi connectivity index (χ1n) is 7.68. The second kappa shape index (κ2) is 8.69. The van der Waals surface area contributed by atoms with Crippen LogP contribution in [0.3, 0.4) is 0 Å². The lowest BCUT2D eigenvalue weighted by atomic mass is 10.3. The predicted molar refractivity (Wildman–Crippen MR) is 105 cm³/mol. The molecule has 0 fully saturated rings. The van der Waals surface area contributed by atoms with Gasteiger partial charge in [0.2, 0.25) is 15.2 Å². The van der Waals surface area contributed by atoms with E-state index in [0.29, 0.717) is 16.6 Å². The predicted octanol–water partition coefficient (Wildman–Crippen LogP) is 2.45. The summed E-state index contributed by atoms with van der Waals surface area (Å²) in [6.45, 7) is 3.63. The molecule has 0 aliphatic rings. The zero-order valence-corrected chi connectivity index (χ0v) is 17.2. The number of carbonyl (C=O) groups is 1. The number of rotatable bonds is 8. The third-order valence-electron chi connectivity index (χ3n) is 3.28. The number of sulfonamides is 1. The number of aromatic nitrogens is 2. The van der Waals surface area contributed by atoms with Gasteiger partial charge in [-0.25, -0.2) is 8.42 Å². The lowest BCUT2D eigenvalue weighted by Gasteiger charge is -2.18. The van der Waals surface area contributed by atoms with Crippen LogP contribution in [0.5, 0.6) is 5.75 Å². The highest BCUT2D eigenvalue weighted by molar-refractivity contribution is 8.01. The highest BCUT2D eigenvalue weighted by Crippen LogP contribution is 2.25. The summed E-state index contributed by atoms with van der Waals surface area (Å²) in [6, 6.07) is 6.45. The minimum atomic E-state index is -3.33. The van der Waals surface area contributed by atoms with Crippen LogP contribution in [0.25, 0.3) is 0 Å². The first-order chi connectivity index (χ1) is 12.2. The maximum atomic E-state index is 12.2. The van der Waals surface area contributed by atoms with E-state index in [0.717, 1.165) is 20.7 Å². The van der Waals surface area contributed by atoms with E-state index in [2.05, 4.69) is 15.5 Å². The molecule has 142 valence electrons. The van der Waals surface area contributed by atoms with Crippen molar-refractivity contribution in [1.29, 1.82) is 0 Å². The molecular formula is C15H20N4O4S3. The fourth-order valence-corrected chi connectivity index (χ4v) is 3.99. The summed E-state index contributed by atoms with van der Waals surface area (Å²) in [5.74, 6) is 0.997. The third kappa shape index (κ3) is 5.58. The fourth-order valence-electron chi connectivity index (χ4n) is 1.83. The summed E-state index contributed by atoms with van der Waals surface area (Å²) in [7, 11) is -1.86. The van der Waals surface area contributed by atoms with Crippen molar-refractivity contribution < 1.29 is 17.9 Å². The Labute approximate surface area is 161 Å². The quantitative estimate of drug-likeness (QED) is 0.521. The molecule has 1 amide bonds. The van der Waals surface area contributed by atoms with Crippen LogP contribution in [0.15, 0.2) is 28.6 Å². The number of nitrogens with zero attached hydrogens (tertiary/aromatic N) is 3. The maximum absolute atomic E-state index is 12.2. The summed E-state index contributed by atoms with van der Waals surface area (Å²) < 4.78 is 30.6. The molecule has 0 aliphatic carbocycles. The number of amides is 1. The van der Waals surface area contributed by atoms with E-state index in [9.17, 15) is 13.2 Å². The first-order valence-corrected chi connectivity index (χ1v) is 11.3. The van der Waals surface area contributed by atoms with Crippen LogP contribution in [0.4, 0.5) is 10.8 Å². The first kappa shape index (κ1) is 20.5. The lowest BCUT2D eigenvalue weighted by molar-refractivity contribution is -0.122. The van der Waals surface area contributed by atoms with Crippen molar-refractivity contribution in [2.24, 2.45) is 0 Å². The SMILES string of the molecule is CCSc1nnc(NC(=O)C(C)Oc2ccc(N(C)S(C)(=O)=O)cc2)s1. The van der Waals surface area contributed by atoms with Gasteiger partial charge in [-0.2, -0.15) is 0 Å². The Hall–Kier alpha value is -1.85. The molecule has 2 rings (SSSR count). The van der Waals surface area contributed by atoms with Crippen molar-refractivity contribution in [2.45, 2.75) is 24.3 Å². The smallest absolute Gasteiger partial charge is 0.266 e. The maximum Gasteiger partial charge on any atom is 0.266 e. The average Bonchev–Trinajstić information content (AvgIpc) is 3.01. The number of anilines is 2. The molecule has 0 aliphatic heterocycles. The summed E-state index contributed by atoms with van der Waals surface area (Å²) in [5.41, 5.74) is 0.506. The normalized spacial score (nSPS) is 12.5. The summed E-state index contributed by atoms with van der Waals surface area (Å²) in [4.78, 5) is 12.2. The van der Waals surface area contributed by atoms with E-state index in [1.54, 1.807) is 43.0 Å². The number of hydrogen-bond acceptors (Lipinski definition) is 8. The highest BCUT2D eigenvalue weighted by Gasteiger charge is 2.18. The number of nitrogens with one attached hydrogen (secondary N) is 1. The molecule has 11 heteroatoms. The van der Waals surface area contributed by atoms with Crippen LogP contribution in [-0.2, 0) is 14.8 Å². The van der Waals surface area contributed by atoms with Crippen LogP contribution in [0.1, 0.15) is 13.8 Å². The van der Waals surface area contributed by atoms with Gasteiger partial charge in [-0.1, -0.05) is 30.0 Å². The van der Waals surface area contributed by atoms with Gasteiger partial charge in [-0.05, 0) is 36.9 Å². The highest BCUT2D eigenvalue weighted by atomic mass is 32.2. The number of hydrogen-bond donors (Lipinski definition) is 1. The van der Waals surface area contributed by atoms with E-state index >= 15 is 0 Å². The monoisotopic (exact) mass is 416 g/mol. The number of thioether (sulfide) groups is 1. The molecule has 1 aromatic carbocycles. The molecule has 0 saturated carbocycles. The van der Waals surface area contributed by atoms with Crippen LogP contribution in [-0.4, -0.2) is 49.7 Å². The van der Waals surface area contributed by atoms with Gasteiger partial charge in [0, 0.05) is 7.05 Å². The Balaban J connectivity index is 1.95. The Morgan fingerprint density at radius 1 is 1.35 bits per heavy atom. The zero-order chi connectivity index (χ0) is 19.3. The van der Waals surface area contributed by atoms with Gasteiger partial charge in [0.15, 0.2) is 10.4 Å². The van der Waals surface area contributed by atoms with Crippen molar-refractivity contribution in [2.75, 3.05) is 28.7 Å². The average molecular weight is 417 g/mol. The second-order valence-corrected chi connectivity index (χ2v) is 9.78. The molecule has 1 aromatic heterocycles. The third-order valence-corrected chi connectivity index (χ3v) is 6.34. The van der Waals surface area contributed by atoms with Crippen LogP contribution in [0.2, 0.25) is 0 Å². The topological polar surface area (TPSA) is 101 Å². The molecule has 1 unspecified atom stereocenters. The molecule has 8 nitrogen and oxygen atoms in total.